The van der Waals surface area contributed by atoms with E-state index in [4.69, 9.17) is 5.21 Å². The van der Waals surface area contributed by atoms with Crippen LogP contribution < -0.4 is 5.56 Å². The average Bonchev–Trinajstić information content (AvgIpc) is 2.23. The van der Waals surface area contributed by atoms with Crippen molar-refractivity contribution in [3.05, 3.63) is 33.7 Å². The zero-order valence-corrected chi connectivity index (χ0v) is 8.03. The molecule has 14 heavy (non-hydrogen) atoms. The minimum atomic E-state index is -0.0112. The van der Waals surface area contributed by atoms with Gasteiger partial charge in [0.1, 0.15) is 0 Å². The van der Waals surface area contributed by atoms with Gasteiger partial charge >= 0.3 is 0 Å². The first-order valence-corrected chi connectivity index (χ1v) is 4.64. The van der Waals surface area contributed by atoms with Gasteiger partial charge in [-0.1, -0.05) is 5.16 Å². The highest BCUT2D eigenvalue weighted by molar-refractivity contribution is 6.01. The minimum Gasteiger partial charge on any atom is -0.411 e. The standard InChI is InChI=1S/C10H12N2O2/c1-12-9-4-2-3-8(11-14)7(9)5-6-10(12)13/h5-6,14H,2-4H2,1H3/b11-8+. The molecule has 4 nitrogen and oxygen atoms in total. The van der Waals surface area contributed by atoms with Crippen LogP contribution in [0.1, 0.15) is 24.1 Å². The molecule has 0 aromatic carbocycles. The van der Waals surface area contributed by atoms with E-state index < -0.39 is 0 Å². The summed E-state index contributed by atoms with van der Waals surface area (Å²) in [6.07, 6.45) is 2.59. The summed E-state index contributed by atoms with van der Waals surface area (Å²) >= 11 is 0. The van der Waals surface area contributed by atoms with E-state index in [1.54, 1.807) is 17.7 Å². The fourth-order valence-corrected chi connectivity index (χ4v) is 1.90. The molecule has 1 aromatic heterocycles. The Kier molecular flexibility index (Phi) is 2.11. The summed E-state index contributed by atoms with van der Waals surface area (Å²) in [5.74, 6) is 0. The first kappa shape index (κ1) is 8.99. The van der Waals surface area contributed by atoms with Crippen LogP contribution in [-0.4, -0.2) is 15.5 Å². The third kappa shape index (κ3) is 1.23. The van der Waals surface area contributed by atoms with Gasteiger partial charge in [0.05, 0.1) is 5.71 Å². The summed E-state index contributed by atoms with van der Waals surface area (Å²) in [6.45, 7) is 0. The van der Waals surface area contributed by atoms with E-state index in [1.165, 1.54) is 6.07 Å². The molecule has 0 aliphatic heterocycles. The topological polar surface area (TPSA) is 54.6 Å². The van der Waals surface area contributed by atoms with Gasteiger partial charge in [-0.2, -0.15) is 0 Å². The van der Waals surface area contributed by atoms with Crippen molar-refractivity contribution in [1.29, 1.82) is 0 Å². The maximum atomic E-state index is 11.3. The third-order valence-electron chi connectivity index (χ3n) is 2.70. The van der Waals surface area contributed by atoms with Crippen molar-refractivity contribution in [3.63, 3.8) is 0 Å². The lowest BCUT2D eigenvalue weighted by Gasteiger charge is -2.18. The molecule has 74 valence electrons. The fraction of sp³-hybridized carbons (Fsp3) is 0.400. The molecule has 4 heteroatoms. The van der Waals surface area contributed by atoms with Gasteiger partial charge in [-0.25, -0.2) is 0 Å². The molecule has 0 spiro atoms. The molecule has 1 N–H and O–H groups in total. The molecule has 0 unspecified atom stereocenters. The van der Waals surface area contributed by atoms with E-state index in [1.807, 2.05) is 0 Å². The Hall–Kier alpha value is -1.58. The number of hydrogen-bond donors (Lipinski definition) is 1. The SMILES string of the molecule is Cn1c2c(ccc1=O)/C(=N/O)CCC2. The zero-order chi connectivity index (χ0) is 10.1. The molecule has 0 amide bonds. The molecule has 0 radical (unpaired) electrons. The Bertz CT molecular complexity index is 446. The quantitative estimate of drug-likeness (QED) is 0.490. The summed E-state index contributed by atoms with van der Waals surface area (Å²) in [5, 5.41) is 12.1. The van der Waals surface area contributed by atoms with Crippen LogP contribution >= 0.6 is 0 Å². The Morgan fingerprint density at radius 3 is 2.93 bits per heavy atom. The molecule has 0 fully saturated rings. The summed E-state index contributed by atoms with van der Waals surface area (Å²) in [5.41, 5.74) is 2.54. The number of pyridine rings is 1. The maximum absolute atomic E-state index is 11.3. The van der Waals surface area contributed by atoms with Crippen molar-refractivity contribution in [2.24, 2.45) is 12.2 Å². The predicted molar refractivity (Wildman–Crippen MR) is 52.9 cm³/mol. The smallest absolute Gasteiger partial charge is 0.250 e. The normalized spacial score (nSPS) is 18.2. The molecule has 2 rings (SSSR count). The van der Waals surface area contributed by atoms with Crippen LogP contribution in [-0.2, 0) is 13.5 Å². The number of hydrogen-bond acceptors (Lipinski definition) is 3. The lowest BCUT2D eigenvalue weighted by molar-refractivity contribution is 0.317. The molecule has 1 aliphatic carbocycles. The molecule has 0 atom stereocenters. The highest BCUT2D eigenvalue weighted by atomic mass is 16.4. The van der Waals surface area contributed by atoms with E-state index in [9.17, 15) is 4.79 Å². The van der Waals surface area contributed by atoms with Crippen LogP contribution in [0.15, 0.2) is 22.1 Å². The first-order valence-electron chi connectivity index (χ1n) is 4.64. The summed E-state index contributed by atoms with van der Waals surface area (Å²) in [4.78, 5) is 11.3. The van der Waals surface area contributed by atoms with Crippen LogP contribution in [0, 0.1) is 0 Å². The van der Waals surface area contributed by atoms with Gasteiger partial charge in [0, 0.05) is 24.4 Å². The Morgan fingerprint density at radius 2 is 2.21 bits per heavy atom. The average molecular weight is 192 g/mol. The second kappa shape index (κ2) is 3.29. The largest absolute Gasteiger partial charge is 0.411 e. The molecule has 1 heterocycles. The molecule has 0 saturated carbocycles. The van der Waals surface area contributed by atoms with Crippen LogP contribution in [0.5, 0.6) is 0 Å². The van der Waals surface area contributed by atoms with E-state index in [0.717, 1.165) is 30.5 Å². The van der Waals surface area contributed by atoms with Gasteiger partial charge < -0.3 is 9.77 Å². The number of fused-ring (bicyclic) bond motifs is 1. The van der Waals surface area contributed by atoms with E-state index in [-0.39, 0.29) is 5.56 Å². The third-order valence-corrected chi connectivity index (χ3v) is 2.70. The van der Waals surface area contributed by atoms with Crippen LogP contribution in [0.4, 0.5) is 0 Å². The molecular weight excluding hydrogens is 180 g/mol. The maximum Gasteiger partial charge on any atom is 0.250 e. The number of rotatable bonds is 0. The van der Waals surface area contributed by atoms with Crippen LogP contribution in [0.3, 0.4) is 0 Å². The highest BCUT2D eigenvalue weighted by Gasteiger charge is 2.18. The van der Waals surface area contributed by atoms with Gasteiger partial charge in [-0.15, -0.1) is 0 Å². The molecular formula is C10H12N2O2. The monoisotopic (exact) mass is 192 g/mol. The summed E-state index contributed by atoms with van der Waals surface area (Å²) in [7, 11) is 1.75. The zero-order valence-electron chi connectivity index (χ0n) is 8.03. The molecule has 1 aliphatic rings. The summed E-state index contributed by atoms with van der Waals surface area (Å²) in [6, 6.07) is 3.25. The van der Waals surface area contributed by atoms with Crippen molar-refractivity contribution in [2.45, 2.75) is 19.3 Å². The summed E-state index contributed by atoms with van der Waals surface area (Å²) < 4.78 is 1.62. The Balaban J connectivity index is 2.68. The van der Waals surface area contributed by atoms with E-state index in [0.29, 0.717) is 5.71 Å². The second-order valence-corrected chi connectivity index (χ2v) is 3.49. The second-order valence-electron chi connectivity index (χ2n) is 3.49. The molecule has 0 saturated heterocycles. The van der Waals surface area contributed by atoms with Gasteiger partial charge in [-0.3, -0.25) is 4.79 Å². The van der Waals surface area contributed by atoms with Gasteiger partial charge in [0.15, 0.2) is 0 Å². The van der Waals surface area contributed by atoms with Crippen molar-refractivity contribution >= 4 is 5.71 Å². The van der Waals surface area contributed by atoms with Crippen molar-refractivity contribution in [1.82, 2.24) is 4.57 Å². The lowest BCUT2D eigenvalue weighted by atomic mass is 9.94. The number of oxime groups is 1. The molecule has 1 aromatic rings. The fourth-order valence-electron chi connectivity index (χ4n) is 1.90. The van der Waals surface area contributed by atoms with E-state index >= 15 is 0 Å². The van der Waals surface area contributed by atoms with Crippen LogP contribution in [0.25, 0.3) is 0 Å². The number of nitrogens with zero attached hydrogens (tertiary/aromatic N) is 2. The lowest BCUT2D eigenvalue weighted by Crippen LogP contribution is -2.25. The van der Waals surface area contributed by atoms with Crippen molar-refractivity contribution in [2.75, 3.05) is 0 Å². The number of aromatic nitrogens is 1. The van der Waals surface area contributed by atoms with Crippen molar-refractivity contribution in [3.8, 4) is 0 Å². The van der Waals surface area contributed by atoms with Crippen LogP contribution in [0.2, 0.25) is 0 Å². The van der Waals surface area contributed by atoms with Crippen molar-refractivity contribution < 1.29 is 5.21 Å². The van der Waals surface area contributed by atoms with E-state index in [2.05, 4.69) is 5.16 Å². The van der Waals surface area contributed by atoms with Gasteiger partial charge in [-0.05, 0) is 25.3 Å². The predicted octanol–water partition coefficient (Wildman–Crippen LogP) is 0.900. The Labute approximate surface area is 81.5 Å². The van der Waals surface area contributed by atoms with Gasteiger partial charge in [0.25, 0.3) is 0 Å². The highest BCUT2D eigenvalue weighted by Crippen LogP contribution is 2.19. The van der Waals surface area contributed by atoms with Gasteiger partial charge in [0.2, 0.25) is 5.56 Å². The minimum absolute atomic E-state index is 0.0112. The first-order chi connectivity index (χ1) is 6.74. The Morgan fingerprint density at radius 1 is 1.43 bits per heavy atom. The molecule has 0 bridgehead atoms.